The fourth-order valence-electron chi connectivity index (χ4n) is 1.97. The molecule has 5 nitrogen and oxygen atoms in total. The summed E-state index contributed by atoms with van der Waals surface area (Å²) in [5, 5.41) is 0.524. The number of aromatic nitrogens is 2. The molecule has 0 saturated heterocycles. The summed E-state index contributed by atoms with van der Waals surface area (Å²) in [4.78, 5) is 10.5. The number of hydrogen-bond donors (Lipinski definition) is 1. The molecule has 0 bridgehead atoms. The number of ether oxygens (including phenoxy) is 1. The number of nitrogens with zero attached hydrogens (tertiary/aromatic N) is 3. The molecule has 0 fully saturated rings. The zero-order valence-corrected chi connectivity index (χ0v) is 11.9. The zero-order chi connectivity index (χ0) is 13.5. The summed E-state index contributed by atoms with van der Waals surface area (Å²) >= 11 is 6.18. The van der Waals surface area contributed by atoms with E-state index in [1.807, 2.05) is 0 Å². The van der Waals surface area contributed by atoms with Crippen molar-refractivity contribution in [3.05, 3.63) is 11.2 Å². The van der Waals surface area contributed by atoms with Gasteiger partial charge in [-0.2, -0.15) is 4.98 Å². The van der Waals surface area contributed by atoms with Gasteiger partial charge in [0.1, 0.15) is 5.02 Å². The topological polar surface area (TPSA) is 64.3 Å². The summed E-state index contributed by atoms with van der Waals surface area (Å²) in [6.07, 6.45) is 3.59. The Morgan fingerprint density at radius 3 is 2.61 bits per heavy atom. The monoisotopic (exact) mass is 272 g/mol. The molecule has 0 aromatic carbocycles. The normalized spacial score (nSPS) is 10.8. The van der Waals surface area contributed by atoms with Gasteiger partial charge in [0.2, 0.25) is 0 Å². The Kier molecular flexibility index (Phi) is 6.15. The number of anilines is 1. The summed E-state index contributed by atoms with van der Waals surface area (Å²) in [5.74, 6) is 0.697. The van der Waals surface area contributed by atoms with Gasteiger partial charge in [-0.3, -0.25) is 0 Å². The minimum atomic E-state index is 0.322. The molecule has 0 radical (unpaired) electrons. The van der Waals surface area contributed by atoms with E-state index < -0.39 is 0 Å². The highest BCUT2D eigenvalue weighted by atomic mass is 35.5. The first-order valence-corrected chi connectivity index (χ1v) is 6.58. The summed E-state index contributed by atoms with van der Waals surface area (Å²) < 4.78 is 5.05. The van der Waals surface area contributed by atoms with Crippen LogP contribution in [0.3, 0.4) is 0 Å². The van der Waals surface area contributed by atoms with Gasteiger partial charge in [0.25, 0.3) is 0 Å². The summed E-state index contributed by atoms with van der Waals surface area (Å²) in [5.41, 5.74) is 5.68. The van der Waals surface area contributed by atoms with Gasteiger partial charge >= 0.3 is 6.01 Å². The van der Waals surface area contributed by atoms with Crippen LogP contribution in [0.1, 0.15) is 26.7 Å². The van der Waals surface area contributed by atoms with Gasteiger partial charge in [-0.05, 0) is 12.8 Å². The first-order chi connectivity index (χ1) is 8.67. The fourth-order valence-corrected chi connectivity index (χ4v) is 2.17. The maximum Gasteiger partial charge on any atom is 0.318 e. The first kappa shape index (κ1) is 15.0. The molecular weight excluding hydrogens is 252 g/mol. The molecule has 0 spiro atoms. The maximum absolute atomic E-state index is 6.18. The highest BCUT2D eigenvalue weighted by Gasteiger charge is 2.20. The average Bonchev–Trinajstić information content (AvgIpc) is 2.40. The summed E-state index contributed by atoms with van der Waals surface area (Å²) in [6, 6.07) is 0.688. The predicted molar refractivity (Wildman–Crippen MR) is 74.4 cm³/mol. The van der Waals surface area contributed by atoms with E-state index in [-0.39, 0.29) is 0 Å². The Hall–Kier alpha value is -1.07. The quantitative estimate of drug-likeness (QED) is 0.823. The van der Waals surface area contributed by atoms with Crippen LogP contribution in [-0.2, 0) is 0 Å². The molecule has 0 aliphatic carbocycles. The number of methoxy groups -OCH3 is 1. The van der Waals surface area contributed by atoms with Gasteiger partial charge in [-0.15, -0.1) is 0 Å². The molecule has 18 heavy (non-hydrogen) atoms. The molecule has 0 amide bonds. The van der Waals surface area contributed by atoms with E-state index in [4.69, 9.17) is 22.1 Å². The molecule has 0 aliphatic rings. The van der Waals surface area contributed by atoms with Crippen LogP contribution in [0.2, 0.25) is 5.02 Å². The lowest BCUT2D eigenvalue weighted by Gasteiger charge is -2.31. The third-order valence-corrected chi connectivity index (χ3v) is 3.18. The Labute approximate surface area is 113 Å². The van der Waals surface area contributed by atoms with Crippen LogP contribution in [0.4, 0.5) is 5.82 Å². The second kappa shape index (κ2) is 7.38. The molecule has 0 atom stereocenters. The molecule has 2 N–H and O–H groups in total. The summed E-state index contributed by atoms with van der Waals surface area (Å²) in [6.45, 7) is 5.55. The minimum absolute atomic E-state index is 0.322. The van der Waals surface area contributed by atoms with Gasteiger partial charge in [0.05, 0.1) is 13.3 Å². The van der Waals surface area contributed by atoms with Gasteiger partial charge in [0.15, 0.2) is 5.82 Å². The molecule has 0 saturated carbocycles. The molecule has 102 valence electrons. The highest BCUT2D eigenvalue weighted by molar-refractivity contribution is 6.32. The van der Waals surface area contributed by atoms with Crippen LogP contribution < -0.4 is 15.4 Å². The van der Waals surface area contributed by atoms with Crippen molar-refractivity contribution in [1.82, 2.24) is 9.97 Å². The van der Waals surface area contributed by atoms with E-state index in [9.17, 15) is 0 Å². The Morgan fingerprint density at radius 2 is 2.11 bits per heavy atom. The Morgan fingerprint density at radius 1 is 1.44 bits per heavy atom. The van der Waals surface area contributed by atoms with Gasteiger partial charge < -0.3 is 15.4 Å². The molecule has 1 aromatic rings. The molecule has 1 rings (SSSR count). The van der Waals surface area contributed by atoms with E-state index in [2.05, 4.69) is 28.7 Å². The van der Waals surface area contributed by atoms with E-state index in [1.165, 1.54) is 7.11 Å². The fraction of sp³-hybridized carbons (Fsp3) is 0.667. The molecular formula is C12H21ClN4O. The molecule has 0 unspecified atom stereocenters. The van der Waals surface area contributed by atoms with E-state index in [0.717, 1.165) is 12.8 Å². The molecule has 6 heteroatoms. The first-order valence-electron chi connectivity index (χ1n) is 6.21. The second-order valence-corrected chi connectivity index (χ2v) is 4.39. The third-order valence-electron chi connectivity index (χ3n) is 2.91. The van der Waals surface area contributed by atoms with Gasteiger partial charge in [0, 0.05) is 19.1 Å². The van der Waals surface area contributed by atoms with Crippen molar-refractivity contribution in [2.75, 3.05) is 25.1 Å². The third kappa shape index (κ3) is 3.46. The smallest absolute Gasteiger partial charge is 0.318 e. The van der Waals surface area contributed by atoms with Crippen LogP contribution in [0.15, 0.2) is 6.20 Å². The summed E-state index contributed by atoms with van der Waals surface area (Å²) in [7, 11) is 1.54. The molecule has 1 heterocycles. The van der Waals surface area contributed by atoms with Crippen LogP contribution in [0.5, 0.6) is 6.01 Å². The number of rotatable bonds is 7. The minimum Gasteiger partial charge on any atom is -0.467 e. The van der Waals surface area contributed by atoms with E-state index in [1.54, 1.807) is 6.20 Å². The average molecular weight is 273 g/mol. The Bertz CT molecular complexity index is 371. The number of nitrogens with two attached hydrogens (primary N) is 1. The van der Waals surface area contributed by atoms with E-state index >= 15 is 0 Å². The van der Waals surface area contributed by atoms with Crippen LogP contribution in [0.25, 0.3) is 0 Å². The number of halogens is 1. The van der Waals surface area contributed by atoms with Crippen molar-refractivity contribution in [2.24, 2.45) is 5.73 Å². The van der Waals surface area contributed by atoms with E-state index in [0.29, 0.717) is 36.0 Å². The van der Waals surface area contributed by atoms with Crippen molar-refractivity contribution in [2.45, 2.75) is 32.7 Å². The van der Waals surface area contributed by atoms with Crippen molar-refractivity contribution in [3.63, 3.8) is 0 Å². The zero-order valence-electron chi connectivity index (χ0n) is 11.2. The molecule has 0 aliphatic heterocycles. The largest absolute Gasteiger partial charge is 0.467 e. The Balaban J connectivity index is 3.10. The van der Waals surface area contributed by atoms with Crippen molar-refractivity contribution in [1.29, 1.82) is 0 Å². The van der Waals surface area contributed by atoms with Gasteiger partial charge in [-0.25, -0.2) is 4.98 Å². The second-order valence-electron chi connectivity index (χ2n) is 3.98. The number of hydrogen-bond acceptors (Lipinski definition) is 5. The van der Waals surface area contributed by atoms with Crippen LogP contribution in [-0.4, -0.2) is 36.2 Å². The molecule has 1 aromatic heterocycles. The highest BCUT2D eigenvalue weighted by Crippen LogP contribution is 2.27. The van der Waals surface area contributed by atoms with Crippen molar-refractivity contribution >= 4 is 17.4 Å². The SMILES string of the molecule is CCC(CC)N(CCN)c1nc(OC)ncc1Cl. The van der Waals surface area contributed by atoms with Gasteiger partial charge in [-0.1, -0.05) is 25.4 Å². The van der Waals surface area contributed by atoms with Crippen molar-refractivity contribution < 1.29 is 4.74 Å². The van der Waals surface area contributed by atoms with Crippen LogP contribution >= 0.6 is 11.6 Å². The van der Waals surface area contributed by atoms with Crippen LogP contribution in [0, 0.1) is 0 Å². The lowest BCUT2D eigenvalue weighted by molar-refractivity contribution is 0.379. The maximum atomic E-state index is 6.18. The van der Waals surface area contributed by atoms with Crippen molar-refractivity contribution in [3.8, 4) is 6.01 Å². The lowest BCUT2D eigenvalue weighted by Crippen LogP contribution is -2.39. The predicted octanol–water partition coefficient (Wildman–Crippen LogP) is 2.09. The standard InChI is InChI=1S/C12H21ClN4O/c1-4-9(5-2)17(7-6-14)11-10(13)8-15-12(16-11)18-3/h8-9H,4-7,14H2,1-3H3. The lowest BCUT2D eigenvalue weighted by atomic mass is 10.1.